The predicted molar refractivity (Wildman–Crippen MR) is 102 cm³/mol. The van der Waals surface area contributed by atoms with Crippen LogP contribution in [0.3, 0.4) is 0 Å². The summed E-state index contributed by atoms with van der Waals surface area (Å²) in [6.07, 6.45) is 6.71. The highest BCUT2D eigenvalue weighted by Crippen LogP contribution is 2.28. The Morgan fingerprint density at radius 3 is 2.12 bits per heavy atom. The van der Waals surface area contributed by atoms with E-state index in [1.807, 2.05) is 47.6 Å². The van der Waals surface area contributed by atoms with Gasteiger partial charge in [0.05, 0.1) is 23.9 Å². The number of carbonyl (C=O) groups excluding carboxylic acids is 1. The zero-order valence-electron chi connectivity index (χ0n) is 16.3. The maximum absolute atomic E-state index is 13.1. The van der Waals surface area contributed by atoms with E-state index < -0.39 is 14.9 Å². The van der Waals surface area contributed by atoms with Crippen molar-refractivity contribution in [3.05, 3.63) is 18.3 Å². The molecule has 0 spiro atoms. The lowest BCUT2D eigenvalue weighted by atomic mass is 9.86. The van der Waals surface area contributed by atoms with Gasteiger partial charge < -0.3 is 4.74 Å². The standard InChI is InChI=1S/C18H30N2O3S/c1-17(2,3)12-13(20-14(23-7)10-11-19-20)15(24(8,9)22)16(21)18(4,5)6/h10-12H,1-9H3/b13-12+. The van der Waals surface area contributed by atoms with Crippen molar-refractivity contribution in [1.29, 1.82) is 0 Å². The van der Waals surface area contributed by atoms with Gasteiger partial charge in [0.2, 0.25) is 5.88 Å². The van der Waals surface area contributed by atoms with Crippen LogP contribution < -0.4 is 4.74 Å². The molecule has 0 radical (unpaired) electrons. The zero-order chi connectivity index (χ0) is 18.9. The van der Waals surface area contributed by atoms with Gasteiger partial charge in [0.15, 0.2) is 5.78 Å². The van der Waals surface area contributed by atoms with Gasteiger partial charge in [0.1, 0.15) is 0 Å². The summed E-state index contributed by atoms with van der Waals surface area (Å²) in [6.45, 7) is 11.6. The predicted octanol–water partition coefficient (Wildman–Crippen LogP) is 3.11. The largest absolute Gasteiger partial charge is 0.481 e. The molecule has 0 saturated heterocycles. The molecule has 0 atom stereocenters. The molecule has 1 heterocycles. The van der Waals surface area contributed by atoms with E-state index in [0.29, 0.717) is 16.4 Å². The molecule has 5 nitrogen and oxygen atoms in total. The van der Waals surface area contributed by atoms with Gasteiger partial charge in [-0.15, -0.1) is 0 Å². The normalized spacial score (nSPS) is 13.8. The molecule has 24 heavy (non-hydrogen) atoms. The van der Waals surface area contributed by atoms with Gasteiger partial charge in [-0.1, -0.05) is 47.6 Å². The van der Waals surface area contributed by atoms with Crippen molar-refractivity contribution in [3.63, 3.8) is 0 Å². The molecule has 0 aliphatic heterocycles. The van der Waals surface area contributed by atoms with Crippen molar-refractivity contribution in [3.8, 4) is 5.88 Å². The minimum absolute atomic E-state index is 0.148. The third-order valence-corrected chi connectivity index (χ3v) is 4.60. The number of hydrogen-bond acceptors (Lipinski definition) is 4. The summed E-state index contributed by atoms with van der Waals surface area (Å²) in [5, 5.41) is 4.30. The molecule has 0 amide bonds. The number of hydrogen-bond donors (Lipinski definition) is 0. The van der Waals surface area contributed by atoms with Crippen LogP contribution in [-0.4, -0.2) is 44.3 Å². The molecule has 0 fully saturated rings. The first-order chi connectivity index (χ1) is 10.7. The quantitative estimate of drug-likeness (QED) is 0.616. The van der Waals surface area contributed by atoms with Crippen LogP contribution in [0.2, 0.25) is 0 Å². The Morgan fingerprint density at radius 2 is 1.75 bits per heavy atom. The maximum Gasteiger partial charge on any atom is 0.216 e. The Kier molecular flexibility index (Phi) is 5.76. The Morgan fingerprint density at radius 1 is 1.21 bits per heavy atom. The topological polar surface area (TPSA) is 61.2 Å². The lowest BCUT2D eigenvalue weighted by molar-refractivity contribution is -0.119. The second kappa shape index (κ2) is 6.75. The van der Waals surface area contributed by atoms with Crippen molar-refractivity contribution in [1.82, 2.24) is 9.78 Å². The van der Waals surface area contributed by atoms with Crippen LogP contribution in [-0.2, 0) is 14.3 Å². The van der Waals surface area contributed by atoms with Crippen molar-refractivity contribution in [2.75, 3.05) is 19.6 Å². The molecule has 0 bridgehead atoms. The maximum atomic E-state index is 13.1. The lowest BCUT2D eigenvalue weighted by Gasteiger charge is -2.25. The number of allylic oxidation sites excluding steroid dienone is 2. The van der Waals surface area contributed by atoms with Gasteiger partial charge in [-0.05, 0) is 14.9 Å². The number of carbonyl (C=O) groups is 1. The third-order valence-electron chi connectivity index (χ3n) is 3.23. The second-order valence-electron chi connectivity index (χ2n) is 8.32. The van der Waals surface area contributed by atoms with Crippen molar-refractivity contribution in [2.24, 2.45) is 10.8 Å². The highest BCUT2D eigenvalue weighted by atomic mass is 32.2. The van der Waals surface area contributed by atoms with Gasteiger partial charge in [0, 0.05) is 24.0 Å². The summed E-state index contributed by atoms with van der Waals surface area (Å²) in [5.41, 5.74) is -0.360. The number of aromatic nitrogens is 2. The number of ketones is 1. The minimum atomic E-state index is -2.54. The summed E-state index contributed by atoms with van der Waals surface area (Å²) in [7, 11) is -0.993. The third kappa shape index (κ3) is 4.97. The Bertz CT molecular complexity index is 757. The van der Waals surface area contributed by atoms with Gasteiger partial charge in [-0.3, -0.25) is 9.00 Å². The molecule has 136 valence electrons. The number of rotatable bonds is 4. The van der Waals surface area contributed by atoms with E-state index in [9.17, 15) is 9.00 Å². The van der Waals surface area contributed by atoms with Crippen LogP contribution >= 0.6 is 0 Å². The molecule has 0 N–H and O–H groups in total. The Balaban J connectivity index is 3.86. The number of nitrogens with zero attached hydrogens (tertiary/aromatic N) is 2. The fraction of sp³-hybridized carbons (Fsp3) is 0.611. The lowest BCUT2D eigenvalue weighted by Crippen LogP contribution is -2.35. The number of ether oxygens (including phenoxy) is 1. The average molecular weight is 355 g/mol. The van der Waals surface area contributed by atoms with Gasteiger partial charge in [-0.25, -0.2) is 4.68 Å². The van der Waals surface area contributed by atoms with Crippen molar-refractivity contribution < 1.29 is 13.7 Å². The fourth-order valence-electron chi connectivity index (χ4n) is 2.19. The van der Waals surface area contributed by atoms with Crippen LogP contribution in [0.4, 0.5) is 0 Å². The first kappa shape index (κ1) is 20.5. The first-order valence-corrected chi connectivity index (χ1v) is 10.2. The molecule has 1 aromatic rings. The molecule has 1 rings (SSSR count). The summed E-state index contributed by atoms with van der Waals surface area (Å²) in [4.78, 5) is 13.4. The van der Waals surface area contributed by atoms with E-state index in [4.69, 9.17) is 4.74 Å². The van der Waals surface area contributed by atoms with Crippen LogP contribution in [0, 0.1) is 10.8 Å². The van der Waals surface area contributed by atoms with Gasteiger partial charge in [-0.2, -0.15) is 5.10 Å². The highest BCUT2D eigenvalue weighted by molar-refractivity contribution is 8.03. The van der Waals surface area contributed by atoms with E-state index >= 15 is 0 Å². The Hall–Kier alpha value is -1.56. The smallest absolute Gasteiger partial charge is 0.216 e. The Labute approximate surface area is 146 Å². The SMILES string of the molecule is COc1ccnn1/C(=C/C(C)(C)C)C(C(=O)C(C)(C)C)=S(C)(C)=O. The number of methoxy groups -OCH3 is 1. The van der Waals surface area contributed by atoms with Gasteiger partial charge in [0.25, 0.3) is 0 Å². The average Bonchev–Trinajstić information content (AvgIpc) is 2.81. The van der Waals surface area contributed by atoms with E-state index in [1.165, 1.54) is 0 Å². The molecule has 0 aliphatic rings. The monoisotopic (exact) mass is 354 g/mol. The van der Waals surface area contributed by atoms with Crippen LogP contribution in [0.15, 0.2) is 18.3 Å². The van der Waals surface area contributed by atoms with Crippen LogP contribution in [0.1, 0.15) is 41.5 Å². The van der Waals surface area contributed by atoms with Crippen LogP contribution in [0.5, 0.6) is 5.88 Å². The highest BCUT2D eigenvalue weighted by Gasteiger charge is 2.33. The molecule has 1 aromatic heterocycles. The van der Waals surface area contributed by atoms with Crippen molar-refractivity contribution in [2.45, 2.75) is 41.5 Å². The zero-order valence-corrected chi connectivity index (χ0v) is 17.1. The number of Topliss-reactive ketones (excluding diaryl/α,β-unsaturated/α-hetero) is 1. The molecular formula is C18H30N2O3S. The van der Waals surface area contributed by atoms with E-state index in [2.05, 4.69) is 5.10 Å². The summed E-state index contributed by atoms with van der Waals surface area (Å²) in [6, 6.07) is 1.71. The van der Waals surface area contributed by atoms with E-state index in [-0.39, 0.29) is 11.2 Å². The molecule has 0 aromatic carbocycles. The van der Waals surface area contributed by atoms with Crippen LogP contribution in [0.25, 0.3) is 5.70 Å². The van der Waals surface area contributed by atoms with E-state index in [1.54, 1.807) is 36.6 Å². The molecule has 0 aliphatic carbocycles. The van der Waals surface area contributed by atoms with E-state index in [0.717, 1.165) is 0 Å². The first-order valence-electron chi connectivity index (χ1n) is 7.86. The second-order valence-corrected chi connectivity index (χ2v) is 11.2. The van der Waals surface area contributed by atoms with Gasteiger partial charge >= 0.3 is 0 Å². The fourth-order valence-corrected chi connectivity index (χ4v) is 3.59. The summed E-state index contributed by atoms with van der Waals surface area (Å²) >= 11 is 0. The summed E-state index contributed by atoms with van der Waals surface area (Å²) < 4.78 is 19.9. The summed E-state index contributed by atoms with van der Waals surface area (Å²) in [5.74, 6) is 0.346. The molecule has 0 unspecified atom stereocenters. The van der Waals surface area contributed by atoms with Crippen molar-refractivity contribution >= 4 is 25.9 Å². The minimum Gasteiger partial charge on any atom is -0.481 e. The molecular weight excluding hydrogens is 324 g/mol. The molecule has 6 heteroatoms. The molecule has 0 saturated carbocycles.